The summed E-state index contributed by atoms with van der Waals surface area (Å²) in [6.45, 7) is 8.80. The van der Waals surface area contributed by atoms with Gasteiger partial charge in [-0.05, 0) is 41.7 Å². The third kappa shape index (κ3) is 4.11. The summed E-state index contributed by atoms with van der Waals surface area (Å²) < 4.78 is 18.0. The first kappa shape index (κ1) is 23.5. The van der Waals surface area contributed by atoms with Gasteiger partial charge in [-0.15, -0.1) is 0 Å². The summed E-state index contributed by atoms with van der Waals surface area (Å²) in [7, 11) is 0. The molecule has 0 amide bonds. The second-order valence-electron chi connectivity index (χ2n) is 9.47. The molecule has 4 heterocycles. The van der Waals surface area contributed by atoms with E-state index in [4.69, 9.17) is 16.7 Å². The van der Waals surface area contributed by atoms with Crippen LogP contribution in [0, 0.1) is 6.92 Å². The molecular weight excluding hydrogens is 489 g/mol. The standard InChI is InChI=1S/C28H27ClFN7/c1-4-18-5-7-19(8-6-18)21-12-23(29)22-14-37(35-25(22)16(21)2)27(17(3)34-28-31-9-10-32-28)26-24-11-20(30)13-36(24)15-33-26/h5-10,12,14-15,20,27H,3-4,11,13H2,1-2H3,(H2,31,32,34)/t20-,27?/m1/s1. The Morgan fingerprint density at radius 2 is 2.11 bits per heavy atom. The molecule has 0 saturated heterocycles. The van der Waals surface area contributed by atoms with Crippen molar-refractivity contribution in [1.82, 2.24) is 29.3 Å². The second-order valence-corrected chi connectivity index (χ2v) is 9.88. The van der Waals surface area contributed by atoms with Crippen LogP contribution < -0.4 is 5.32 Å². The number of imidazole rings is 2. The summed E-state index contributed by atoms with van der Waals surface area (Å²) in [6.07, 6.45) is 7.36. The molecule has 3 aromatic heterocycles. The summed E-state index contributed by atoms with van der Waals surface area (Å²) in [5.41, 5.74) is 7.41. The Bertz CT molecular complexity index is 1600. The van der Waals surface area contributed by atoms with E-state index < -0.39 is 12.2 Å². The van der Waals surface area contributed by atoms with E-state index in [-0.39, 0.29) is 0 Å². The zero-order chi connectivity index (χ0) is 25.7. The molecule has 188 valence electrons. The van der Waals surface area contributed by atoms with Gasteiger partial charge in [-0.25, -0.2) is 14.4 Å². The number of aromatic amines is 1. The van der Waals surface area contributed by atoms with Gasteiger partial charge in [-0.3, -0.25) is 4.68 Å². The van der Waals surface area contributed by atoms with E-state index in [0.29, 0.717) is 35.3 Å². The van der Waals surface area contributed by atoms with Gasteiger partial charge in [0.1, 0.15) is 12.2 Å². The van der Waals surface area contributed by atoms with Gasteiger partial charge in [-0.2, -0.15) is 5.10 Å². The third-order valence-corrected chi connectivity index (χ3v) is 7.42. The number of benzene rings is 2. The molecule has 0 fully saturated rings. The monoisotopic (exact) mass is 515 g/mol. The Morgan fingerprint density at radius 3 is 2.84 bits per heavy atom. The number of allylic oxidation sites excluding steroid dienone is 1. The summed E-state index contributed by atoms with van der Waals surface area (Å²) in [5, 5.41) is 9.69. The fourth-order valence-electron chi connectivity index (χ4n) is 5.16. The summed E-state index contributed by atoms with van der Waals surface area (Å²) in [4.78, 5) is 12.0. The minimum atomic E-state index is -0.932. The van der Waals surface area contributed by atoms with E-state index in [0.717, 1.165) is 39.7 Å². The molecule has 7 nitrogen and oxygen atoms in total. The molecule has 1 aliphatic rings. The maximum absolute atomic E-state index is 14.3. The normalized spacial score (nSPS) is 15.7. The van der Waals surface area contributed by atoms with Crippen LogP contribution in [-0.2, 0) is 19.4 Å². The second kappa shape index (κ2) is 9.19. The van der Waals surface area contributed by atoms with Gasteiger partial charge in [0.15, 0.2) is 0 Å². The van der Waals surface area contributed by atoms with Gasteiger partial charge in [0.05, 0.1) is 29.1 Å². The van der Waals surface area contributed by atoms with Crippen LogP contribution in [0.1, 0.15) is 35.5 Å². The number of nitrogens with one attached hydrogen (secondary N) is 2. The van der Waals surface area contributed by atoms with Gasteiger partial charge in [0, 0.05) is 41.8 Å². The predicted molar refractivity (Wildman–Crippen MR) is 145 cm³/mol. The molecule has 0 bridgehead atoms. The molecule has 0 saturated carbocycles. The molecule has 0 radical (unpaired) electrons. The lowest BCUT2D eigenvalue weighted by Gasteiger charge is -2.20. The number of halogens is 2. The molecular formula is C28H27ClFN7. The molecule has 0 spiro atoms. The van der Waals surface area contributed by atoms with Crippen LogP contribution in [0.3, 0.4) is 0 Å². The number of rotatable bonds is 7. The number of fused-ring (bicyclic) bond motifs is 2. The van der Waals surface area contributed by atoms with Crippen LogP contribution in [0.4, 0.5) is 10.3 Å². The number of aromatic nitrogens is 6. The molecule has 1 unspecified atom stereocenters. The summed E-state index contributed by atoms with van der Waals surface area (Å²) in [6, 6.07) is 10.0. The molecule has 2 N–H and O–H groups in total. The number of aryl methyl sites for hydroxylation is 2. The van der Waals surface area contributed by atoms with E-state index in [2.05, 4.69) is 65.0 Å². The predicted octanol–water partition coefficient (Wildman–Crippen LogP) is 6.26. The molecule has 1 aliphatic heterocycles. The van der Waals surface area contributed by atoms with Crippen LogP contribution in [0.25, 0.3) is 22.0 Å². The smallest absolute Gasteiger partial charge is 0.204 e. The first-order valence-corrected chi connectivity index (χ1v) is 12.7. The Labute approximate surface area is 219 Å². The first-order chi connectivity index (χ1) is 17.9. The van der Waals surface area contributed by atoms with E-state index in [1.165, 1.54) is 5.56 Å². The van der Waals surface area contributed by atoms with Crippen molar-refractivity contribution in [1.29, 1.82) is 0 Å². The fourth-order valence-corrected chi connectivity index (χ4v) is 5.41. The van der Waals surface area contributed by atoms with Crippen molar-refractivity contribution in [3.63, 3.8) is 0 Å². The highest BCUT2D eigenvalue weighted by Crippen LogP contribution is 2.37. The number of hydrogen-bond donors (Lipinski definition) is 2. The lowest BCUT2D eigenvalue weighted by Crippen LogP contribution is -2.20. The SMILES string of the molecule is C=C(Nc1ncc[nH]1)C(c1ncn2c1C[C@@H](F)C2)n1cc2c(Cl)cc(-c3ccc(CC)cc3)c(C)c2n1. The van der Waals surface area contributed by atoms with Crippen molar-refractivity contribution in [3.05, 3.63) is 95.1 Å². The van der Waals surface area contributed by atoms with Gasteiger partial charge >= 0.3 is 0 Å². The Kier molecular flexibility index (Phi) is 5.83. The Morgan fingerprint density at radius 1 is 1.30 bits per heavy atom. The van der Waals surface area contributed by atoms with Crippen molar-refractivity contribution in [3.8, 4) is 11.1 Å². The van der Waals surface area contributed by atoms with Crippen LogP contribution in [0.15, 0.2) is 67.5 Å². The molecule has 37 heavy (non-hydrogen) atoms. The topological polar surface area (TPSA) is 76.3 Å². The maximum atomic E-state index is 14.3. The van der Waals surface area contributed by atoms with Crippen molar-refractivity contribution in [2.75, 3.05) is 5.32 Å². The molecule has 6 rings (SSSR count). The average Bonchev–Trinajstić information content (AvgIpc) is 3.68. The number of nitrogens with zero attached hydrogens (tertiary/aromatic N) is 5. The van der Waals surface area contributed by atoms with E-state index in [1.54, 1.807) is 18.7 Å². The average molecular weight is 516 g/mol. The highest BCUT2D eigenvalue weighted by atomic mass is 35.5. The highest BCUT2D eigenvalue weighted by Gasteiger charge is 2.32. The lowest BCUT2D eigenvalue weighted by molar-refractivity contribution is 0.328. The Balaban J connectivity index is 1.47. The Hall–Kier alpha value is -3.91. The van der Waals surface area contributed by atoms with Crippen LogP contribution in [-0.4, -0.2) is 35.5 Å². The minimum absolute atomic E-state index is 0.304. The van der Waals surface area contributed by atoms with Crippen LogP contribution in [0.2, 0.25) is 5.02 Å². The molecule has 0 aliphatic carbocycles. The third-order valence-electron chi connectivity index (χ3n) is 7.11. The summed E-state index contributed by atoms with van der Waals surface area (Å²) in [5.74, 6) is 0.554. The lowest BCUT2D eigenvalue weighted by atomic mass is 9.97. The van der Waals surface area contributed by atoms with E-state index >= 15 is 0 Å². The minimum Gasteiger partial charge on any atom is -0.331 e. The van der Waals surface area contributed by atoms with Crippen molar-refractivity contribution >= 4 is 28.5 Å². The van der Waals surface area contributed by atoms with Gasteiger partial charge in [0.2, 0.25) is 5.95 Å². The fraction of sp³-hybridized carbons (Fsp3) is 0.250. The van der Waals surface area contributed by atoms with E-state index in [1.807, 2.05) is 21.5 Å². The number of anilines is 1. The van der Waals surface area contributed by atoms with Crippen molar-refractivity contribution in [2.24, 2.45) is 0 Å². The van der Waals surface area contributed by atoms with E-state index in [9.17, 15) is 4.39 Å². The molecule has 2 aromatic carbocycles. The highest BCUT2D eigenvalue weighted by molar-refractivity contribution is 6.36. The first-order valence-electron chi connectivity index (χ1n) is 12.3. The maximum Gasteiger partial charge on any atom is 0.204 e. The van der Waals surface area contributed by atoms with Gasteiger partial charge in [-0.1, -0.05) is 49.4 Å². The molecule has 2 atom stereocenters. The zero-order valence-electron chi connectivity index (χ0n) is 20.7. The summed E-state index contributed by atoms with van der Waals surface area (Å²) >= 11 is 6.82. The van der Waals surface area contributed by atoms with Gasteiger partial charge < -0.3 is 14.9 Å². The molecule has 5 aromatic rings. The van der Waals surface area contributed by atoms with Gasteiger partial charge in [0.25, 0.3) is 0 Å². The van der Waals surface area contributed by atoms with Crippen LogP contribution in [0.5, 0.6) is 0 Å². The number of H-pyrrole nitrogens is 1. The van der Waals surface area contributed by atoms with Crippen molar-refractivity contribution in [2.45, 2.75) is 45.4 Å². The number of hydrogen-bond acceptors (Lipinski definition) is 4. The number of alkyl halides is 1. The van der Waals surface area contributed by atoms with Crippen LogP contribution >= 0.6 is 11.6 Å². The zero-order valence-corrected chi connectivity index (χ0v) is 21.4. The molecule has 9 heteroatoms. The quantitative estimate of drug-likeness (QED) is 0.268. The van der Waals surface area contributed by atoms with Crippen molar-refractivity contribution < 1.29 is 4.39 Å². The largest absolute Gasteiger partial charge is 0.331 e.